The van der Waals surface area contributed by atoms with E-state index >= 15 is 0 Å². The van der Waals surface area contributed by atoms with Crippen molar-refractivity contribution in [2.75, 3.05) is 31.7 Å². The van der Waals surface area contributed by atoms with Gasteiger partial charge in [0.15, 0.2) is 0 Å². The molecular weight excluding hydrogens is 650 g/mol. The second-order valence-electron chi connectivity index (χ2n) is 13.4. The molecule has 0 saturated heterocycles. The van der Waals surface area contributed by atoms with Crippen LogP contribution in [-0.4, -0.2) is 67.6 Å². The molecule has 1 fully saturated rings. The molecule has 1 spiro atoms. The molecule has 3 aliphatic rings. The molecule has 0 amide bonds. The van der Waals surface area contributed by atoms with Crippen LogP contribution in [0.15, 0.2) is 72.2 Å². The van der Waals surface area contributed by atoms with Crippen LogP contribution in [0.3, 0.4) is 0 Å². The molecular formula is C37H44ClN3O6S. The van der Waals surface area contributed by atoms with Gasteiger partial charge in [0.2, 0.25) is 15.0 Å². The van der Waals surface area contributed by atoms with Gasteiger partial charge >= 0.3 is 5.97 Å². The van der Waals surface area contributed by atoms with Gasteiger partial charge in [-0.1, -0.05) is 36.7 Å². The number of aliphatic hydroxyl groups excluding tert-OH is 1. The minimum absolute atomic E-state index is 0.166. The largest absolute Gasteiger partial charge is 0.490 e. The second kappa shape index (κ2) is 14.6. The number of nitrogens with zero attached hydrogens (tertiary/aromatic N) is 3. The van der Waals surface area contributed by atoms with E-state index < -0.39 is 21.2 Å². The Morgan fingerprint density at radius 3 is 2.73 bits per heavy atom. The van der Waals surface area contributed by atoms with E-state index in [1.165, 1.54) is 30.6 Å². The number of halogens is 1. The molecule has 0 radical (unpaired) electrons. The maximum absolute atomic E-state index is 13.0. The molecule has 48 heavy (non-hydrogen) atoms. The van der Waals surface area contributed by atoms with Gasteiger partial charge in [0.1, 0.15) is 5.75 Å². The number of allylic oxidation sites excluding steroid dienone is 1. The van der Waals surface area contributed by atoms with Gasteiger partial charge in [-0.25, -0.2) is 23.2 Å². The zero-order valence-electron chi connectivity index (χ0n) is 27.6. The zero-order valence-corrected chi connectivity index (χ0v) is 29.1. The number of ether oxygens (including phenoxy) is 2. The minimum Gasteiger partial charge on any atom is -0.490 e. The Bertz CT molecular complexity index is 1750. The number of carbonyl (C=O) groups is 1. The van der Waals surface area contributed by atoms with Crippen molar-refractivity contribution in [3.8, 4) is 5.75 Å². The summed E-state index contributed by atoms with van der Waals surface area (Å²) in [5.41, 5.74) is 3.69. The van der Waals surface area contributed by atoms with Crippen LogP contribution in [0, 0.1) is 11.8 Å². The van der Waals surface area contributed by atoms with E-state index in [2.05, 4.69) is 33.1 Å². The van der Waals surface area contributed by atoms with Gasteiger partial charge in [-0.15, -0.1) is 0 Å². The summed E-state index contributed by atoms with van der Waals surface area (Å²) in [6, 6.07) is 13.3. The lowest BCUT2D eigenvalue weighted by molar-refractivity contribution is 0.0600. The number of hydrogen-bond acceptors (Lipinski definition) is 9. The number of esters is 1. The zero-order chi connectivity index (χ0) is 33.9. The molecule has 1 saturated carbocycles. The van der Waals surface area contributed by atoms with E-state index in [0.717, 1.165) is 61.7 Å². The number of carbonyl (C=O) groups excluding carboxylic acids is 1. The fourth-order valence-corrected chi connectivity index (χ4v) is 9.39. The summed E-state index contributed by atoms with van der Waals surface area (Å²) in [6.45, 7) is 3.88. The number of benzene rings is 2. The summed E-state index contributed by atoms with van der Waals surface area (Å²) in [5.74, 6) is 0.976. The number of aryl methyl sites for hydroxylation is 1. The van der Waals surface area contributed by atoms with Crippen LogP contribution in [-0.2, 0) is 26.4 Å². The first-order chi connectivity index (χ1) is 23.1. The summed E-state index contributed by atoms with van der Waals surface area (Å²) in [4.78, 5) is 22.8. The lowest BCUT2D eigenvalue weighted by atomic mass is 9.69. The first-order valence-corrected chi connectivity index (χ1v) is 18.8. The Balaban J connectivity index is 1.18. The number of anilines is 1. The van der Waals surface area contributed by atoms with Gasteiger partial charge in [-0.05, 0) is 111 Å². The van der Waals surface area contributed by atoms with Crippen LogP contribution >= 0.6 is 11.6 Å². The monoisotopic (exact) mass is 693 g/mol. The molecule has 1 N–H and O–H groups in total. The number of aromatic nitrogens is 2. The molecule has 2 aliphatic carbocycles. The summed E-state index contributed by atoms with van der Waals surface area (Å²) >= 11 is 6.41. The van der Waals surface area contributed by atoms with Crippen molar-refractivity contribution < 1.29 is 27.8 Å². The van der Waals surface area contributed by atoms with Crippen molar-refractivity contribution in [2.24, 2.45) is 11.8 Å². The molecule has 6 rings (SSSR count). The van der Waals surface area contributed by atoms with Crippen LogP contribution in [0.25, 0.3) is 0 Å². The van der Waals surface area contributed by atoms with Crippen molar-refractivity contribution in [3.63, 3.8) is 0 Å². The molecule has 9 nitrogen and oxygen atoms in total. The Labute approximate surface area is 288 Å². The number of sulfone groups is 1. The molecule has 5 atom stereocenters. The fourth-order valence-electron chi connectivity index (χ4n) is 7.60. The predicted octanol–water partition coefficient (Wildman–Crippen LogP) is 6.37. The van der Waals surface area contributed by atoms with Crippen LogP contribution in [0.5, 0.6) is 5.75 Å². The predicted molar refractivity (Wildman–Crippen MR) is 185 cm³/mol. The third kappa shape index (κ3) is 7.12. The van der Waals surface area contributed by atoms with Crippen molar-refractivity contribution in [2.45, 2.75) is 80.2 Å². The summed E-state index contributed by atoms with van der Waals surface area (Å²) in [6.07, 6.45) is 12.2. The highest BCUT2D eigenvalue weighted by Gasteiger charge is 2.43. The third-order valence-electron chi connectivity index (χ3n) is 10.4. The average Bonchev–Trinajstić information content (AvgIpc) is 3.23. The fraction of sp³-hybridized carbons (Fsp3) is 0.486. The quantitative estimate of drug-likeness (QED) is 0.139. The highest BCUT2D eigenvalue weighted by molar-refractivity contribution is 7.91. The smallest absolute Gasteiger partial charge is 0.337 e. The number of rotatable bonds is 11. The van der Waals surface area contributed by atoms with Crippen LogP contribution < -0.4 is 9.64 Å². The normalized spacial score (nSPS) is 23.4. The van der Waals surface area contributed by atoms with E-state index in [1.54, 1.807) is 12.1 Å². The third-order valence-corrected chi connectivity index (χ3v) is 12.8. The van der Waals surface area contributed by atoms with Crippen molar-refractivity contribution in [1.82, 2.24) is 9.97 Å². The Morgan fingerprint density at radius 2 is 2.00 bits per heavy atom. The standard InChI is InChI=1S/C37H44ClN3O6S/c1-3-31(48(44,45)36-39-18-5-19-40-36)14-13-30(42)12-9-25-7-8-28(25)22-41-23-37(17-4-6-26-20-29(38)11-15-32(26)37)24-47-34-16-10-27(21-33(34)41)35(43)46-2/h5,9-12,15-16,18-21,25,28,30-31,42H,3-4,6-8,13-14,17,22-24H2,1-2H3/b12-9+/t25-,28-,30-,31+,37-/m0/s1. The Kier molecular flexibility index (Phi) is 10.4. The van der Waals surface area contributed by atoms with Crippen molar-refractivity contribution in [3.05, 3.63) is 88.7 Å². The summed E-state index contributed by atoms with van der Waals surface area (Å²) < 4.78 is 37.7. The van der Waals surface area contributed by atoms with Gasteiger partial charge in [-0.2, -0.15) is 0 Å². The molecule has 2 aromatic carbocycles. The lowest BCUT2D eigenvalue weighted by Gasteiger charge is -2.44. The molecule has 1 aromatic heterocycles. The molecule has 0 bridgehead atoms. The Hall–Kier alpha value is -3.47. The molecule has 2 heterocycles. The average molecular weight is 694 g/mol. The van der Waals surface area contributed by atoms with E-state index in [1.807, 2.05) is 31.2 Å². The second-order valence-corrected chi connectivity index (χ2v) is 16.0. The van der Waals surface area contributed by atoms with Crippen LogP contribution in [0.4, 0.5) is 5.69 Å². The molecule has 256 valence electrons. The highest BCUT2D eigenvalue weighted by atomic mass is 35.5. The number of fused-ring (bicyclic) bond motifs is 3. The number of hydrogen-bond donors (Lipinski definition) is 1. The van der Waals surface area contributed by atoms with Crippen LogP contribution in [0.1, 0.15) is 73.4 Å². The van der Waals surface area contributed by atoms with Gasteiger partial charge in [0, 0.05) is 35.9 Å². The Morgan fingerprint density at radius 1 is 1.19 bits per heavy atom. The van der Waals surface area contributed by atoms with E-state index in [-0.39, 0.29) is 22.5 Å². The van der Waals surface area contributed by atoms with Gasteiger partial charge in [-0.3, -0.25) is 0 Å². The minimum atomic E-state index is -3.68. The molecule has 0 unspecified atom stereocenters. The number of aliphatic hydroxyl groups is 1. The lowest BCUT2D eigenvalue weighted by Crippen LogP contribution is -2.48. The number of methoxy groups -OCH3 is 1. The maximum atomic E-state index is 13.0. The van der Waals surface area contributed by atoms with E-state index in [9.17, 15) is 18.3 Å². The van der Waals surface area contributed by atoms with Gasteiger partial charge < -0.3 is 19.5 Å². The summed E-state index contributed by atoms with van der Waals surface area (Å²) in [5, 5.41) is 10.8. The SMILES string of the molecule is CC[C@H](CC[C@@H](O)/C=C/[C@@H]1CC[C@H]1CN1C[C@@]2(CCCc3cc(Cl)ccc32)COc2ccc(C(=O)OC)cc21)S(=O)(=O)c1ncccn1. The topological polar surface area (TPSA) is 119 Å². The highest BCUT2D eigenvalue weighted by Crippen LogP contribution is 2.46. The molecule has 11 heteroatoms. The van der Waals surface area contributed by atoms with Gasteiger partial charge in [0.25, 0.3) is 0 Å². The van der Waals surface area contributed by atoms with Crippen molar-refractivity contribution >= 4 is 33.1 Å². The van der Waals surface area contributed by atoms with Crippen LogP contribution in [0.2, 0.25) is 5.02 Å². The molecule has 1 aliphatic heterocycles. The van der Waals surface area contributed by atoms with E-state index in [4.69, 9.17) is 21.1 Å². The van der Waals surface area contributed by atoms with Crippen molar-refractivity contribution in [1.29, 1.82) is 0 Å². The maximum Gasteiger partial charge on any atom is 0.337 e. The first-order valence-electron chi connectivity index (χ1n) is 16.9. The van der Waals surface area contributed by atoms with Gasteiger partial charge in [0.05, 0.1) is 36.3 Å². The first kappa shape index (κ1) is 34.4. The van der Waals surface area contributed by atoms with E-state index in [0.29, 0.717) is 37.4 Å². The summed E-state index contributed by atoms with van der Waals surface area (Å²) in [7, 11) is -2.29. The molecule has 3 aromatic rings.